The lowest BCUT2D eigenvalue weighted by atomic mass is 10.5. The number of rotatable bonds is 6. The smallest absolute Gasteiger partial charge is 0.249 e. The van der Waals surface area contributed by atoms with Gasteiger partial charge in [-0.15, -0.1) is 0 Å². The second-order valence-corrected chi connectivity index (χ2v) is 6.99. The van der Waals surface area contributed by atoms with Gasteiger partial charge in [0.25, 0.3) is 0 Å². The number of hydrogen-bond donors (Lipinski definition) is 0. The van der Waals surface area contributed by atoms with Crippen molar-refractivity contribution in [1.29, 1.82) is 0 Å². The zero-order valence-electron chi connectivity index (χ0n) is 9.29. The van der Waals surface area contributed by atoms with Crippen molar-refractivity contribution in [2.24, 2.45) is 0 Å². The molecule has 0 aromatic rings. The van der Waals surface area contributed by atoms with Gasteiger partial charge in [-0.1, -0.05) is 0 Å². The maximum absolute atomic E-state index is 5.13. The van der Waals surface area contributed by atoms with E-state index in [2.05, 4.69) is 0 Å². The van der Waals surface area contributed by atoms with E-state index >= 15 is 0 Å². The van der Waals surface area contributed by atoms with Crippen molar-refractivity contribution >= 4 is 8.56 Å². The van der Waals surface area contributed by atoms with Crippen LogP contribution in [0.3, 0.4) is 0 Å². The summed E-state index contributed by atoms with van der Waals surface area (Å²) in [4.78, 5) is 9.99. The highest BCUT2D eigenvalue weighted by Gasteiger charge is 2.29. The molecular formula is C8H20O4Si. The summed E-state index contributed by atoms with van der Waals surface area (Å²) in [5.41, 5.74) is 0. The average Bonchev–Trinajstić information content (AvgIpc) is 1.98. The molecule has 0 rings (SSSR count). The molecule has 0 amide bonds. The van der Waals surface area contributed by atoms with Crippen LogP contribution in [-0.2, 0) is 18.9 Å². The van der Waals surface area contributed by atoms with E-state index in [1.54, 1.807) is 0 Å². The molecule has 0 aliphatic rings. The molecule has 0 atom stereocenters. The summed E-state index contributed by atoms with van der Waals surface area (Å²) in [7, 11) is -2.27. The molecule has 0 saturated carbocycles. The maximum Gasteiger partial charge on any atom is 0.403 e. The van der Waals surface area contributed by atoms with E-state index in [0.29, 0.717) is 0 Å². The van der Waals surface area contributed by atoms with Gasteiger partial charge < -0.3 is 0 Å². The zero-order chi connectivity index (χ0) is 10.5. The molecule has 0 aromatic carbocycles. The average molecular weight is 208 g/mol. The van der Waals surface area contributed by atoms with Gasteiger partial charge in [0.15, 0.2) is 0 Å². The summed E-state index contributed by atoms with van der Waals surface area (Å²) in [6.07, 6.45) is 0.0730. The van der Waals surface area contributed by atoms with Crippen molar-refractivity contribution in [2.75, 3.05) is 0 Å². The van der Waals surface area contributed by atoms with Crippen molar-refractivity contribution in [3.63, 3.8) is 0 Å². The fraction of sp³-hybridized carbons (Fsp3) is 1.00. The Bertz CT molecular complexity index is 122. The summed E-state index contributed by atoms with van der Waals surface area (Å²) in [5.74, 6) is 0. The highest BCUT2D eigenvalue weighted by molar-refractivity contribution is 6.64. The van der Waals surface area contributed by atoms with E-state index in [1.165, 1.54) is 0 Å². The molecule has 0 unspecified atom stereocenters. The largest absolute Gasteiger partial charge is 0.403 e. The van der Waals surface area contributed by atoms with Crippen LogP contribution < -0.4 is 0 Å². The van der Waals surface area contributed by atoms with Crippen LogP contribution in [-0.4, -0.2) is 20.8 Å². The van der Waals surface area contributed by atoms with Gasteiger partial charge in [-0.25, -0.2) is 18.9 Å². The Labute approximate surface area is 81.2 Å². The predicted molar refractivity (Wildman–Crippen MR) is 52.1 cm³/mol. The Morgan fingerprint density at radius 3 is 1.31 bits per heavy atom. The Morgan fingerprint density at radius 2 is 1.08 bits per heavy atom. The molecular weight excluding hydrogens is 188 g/mol. The highest BCUT2D eigenvalue weighted by atomic mass is 28.4. The third kappa shape index (κ3) is 8.39. The van der Waals surface area contributed by atoms with Gasteiger partial charge >= 0.3 is 8.56 Å². The summed E-state index contributed by atoms with van der Waals surface area (Å²) >= 11 is 0. The first-order chi connectivity index (χ1) is 5.83. The molecule has 13 heavy (non-hydrogen) atoms. The highest BCUT2D eigenvalue weighted by Crippen LogP contribution is 2.10. The molecule has 0 fully saturated rings. The first-order valence-corrected chi connectivity index (χ1v) is 7.34. The van der Waals surface area contributed by atoms with Crippen molar-refractivity contribution in [1.82, 2.24) is 0 Å². The lowest BCUT2D eigenvalue weighted by Gasteiger charge is -2.22. The lowest BCUT2D eigenvalue weighted by Crippen LogP contribution is -2.36. The molecule has 0 aliphatic heterocycles. The van der Waals surface area contributed by atoms with Crippen LogP contribution in [0.15, 0.2) is 0 Å². The number of hydrogen-bond acceptors (Lipinski definition) is 4. The van der Waals surface area contributed by atoms with Crippen LogP contribution in [0.2, 0.25) is 13.1 Å². The fourth-order valence-electron chi connectivity index (χ4n) is 0.438. The summed E-state index contributed by atoms with van der Waals surface area (Å²) in [6.45, 7) is 11.3. The monoisotopic (exact) mass is 208 g/mol. The van der Waals surface area contributed by atoms with Gasteiger partial charge in [-0.2, -0.15) is 0 Å². The molecule has 0 saturated heterocycles. The van der Waals surface area contributed by atoms with E-state index < -0.39 is 8.56 Å². The topological polar surface area (TPSA) is 36.9 Å². The maximum atomic E-state index is 5.13. The molecule has 0 heterocycles. The van der Waals surface area contributed by atoms with Gasteiger partial charge in [0.1, 0.15) is 0 Å². The second-order valence-electron chi connectivity index (χ2n) is 3.86. The van der Waals surface area contributed by atoms with Gasteiger partial charge in [-0.05, 0) is 40.8 Å². The zero-order valence-corrected chi connectivity index (χ0v) is 10.3. The predicted octanol–water partition coefficient (Wildman–Crippen LogP) is 2.40. The molecule has 5 heteroatoms. The van der Waals surface area contributed by atoms with Gasteiger partial charge in [0.05, 0.1) is 12.2 Å². The van der Waals surface area contributed by atoms with Crippen LogP contribution in [0, 0.1) is 0 Å². The van der Waals surface area contributed by atoms with Crippen molar-refractivity contribution in [3.8, 4) is 0 Å². The van der Waals surface area contributed by atoms with Crippen LogP contribution in [0.25, 0.3) is 0 Å². The van der Waals surface area contributed by atoms with Crippen molar-refractivity contribution in [3.05, 3.63) is 0 Å². The SMILES string of the molecule is CC(C)OO[Si](C)(C)OOC(C)C. The fourth-order valence-corrected chi connectivity index (χ4v) is 1.31. The van der Waals surface area contributed by atoms with Crippen LogP contribution in [0.4, 0.5) is 0 Å². The Balaban J connectivity index is 3.66. The third-order valence-electron chi connectivity index (χ3n) is 0.882. The molecule has 80 valence electrons. The van der Waals surface area contributed by atoms with E-state index in [1.807, 2.05) is 40.8 Å². The van der Waals surface area contributed by atoms with Crippen LogP contribution >= 0.6 is 0 Å². The first-order valence-electron chi connectivity index (χ1n) is 4.52. The third-order valence-corrected chi connectivity index (χ3v) is 1.88. The standard InChI is InChI=1S/C8H20O4Si/c1-7(2)9-11-13(5,6)12-10-8(3)4/h7-8H,1-6H3. The van der Waals surface area contributed by atoms with E-state index in [-0.39, 0.29) is 12.2 Å². The lowest BCUT2D eigenvalue weighted by molar-refractivity contribution is -0.314. The molecule has 0 spiro atoms. The van der Waals surface area contributed by atoms with Gasteiger partial charge in [0.2, 0.25) is 0 Å². The van der Waals surface area contributed by atoms with E-state index in [9.17, 15) is 0 Å². The molecule has 0 bridgehead atoms. The van der Waals surface area contributed by atoms with Crippen molar-refractivity contribution < 1.29 is 18.9 Å². The minimum atomic E-state index is -2.27. The van der Waals surface area contributed by atoms with Crippen LogP contribution in [0.5, 0.6) is 0 Å². The first kappa shape index (κ1) is 13.1. The second kappa shape index (κ2) is 5.72. The van der Waals surface area contributed by atoms with E-state index in [4.69, 9.17) is 18.9 Å². The molecule has 0 aromatic heterocycles. The Kier molecular flexibility index (Phi) is 5.74. The Morgan fingerprint density at radius 1 is 0.769 bits per heavy atom. The summed E-state index contributed by atoms with van der Waals surface area (Å²) < 4.78 is 10.3. The van der Waals surface area contributed by atoms with E-state index in [0.717, 1.165) is 0 Å². The molecule has 0 radical (unpaired) electrons. The molecule has 4 nitrogen and oxygen atoms in total. The van der Waals surface area contributed by atoms with Crippen LogP contribution in [0.1, 0.15) is 27.7 Å². The molecule has 0 N–H and O–H groups in total. The summed E-state index contributed by atoms with van der Waals surface area (Å²) in [5, 5.41) is 0. The minimum absolute atomic E-state index is 0.0365. The van der Waals surface area contributed by atoms with Gasteiger partial charge in [0, 0.05) is 0 Å². The van der Waals surface area contributed by atoms with Gasteiger partial charge in [-0.3, -0.25) is 0 Å². The minimum Gasteiger partial charge on any atom is -0.249 e. The van der Waals surface area contributed by atoms with Crippen molar-refractivity contribution in [2.45, 2.75) is 53.0 Å². The quantitative estimate of drug-likeness (QED) is 0.381. The Hall–Kier alpha value is 0.0569. The molecule has 0 aliphatic carbocycles. The normalized spacial score (nSPS) is 12.9. The summed E-state index contributed by atoms with van der Waals surface area (Å²) in [6, 6.07) is 0.